The van der Waals surface area contributed by atoms with Crippen molar-refractivity contribution in [3.8, 4) is 17.2 Å². The maximum Gasteiger partial charge on any atom is 0.255 e. The highest BCUT2D eigenvalue weighted by atomic mass is 16.5. The van der Waals surface area contributed by atoms with Crippen LogP contribution in [-0.2, 0) is 6.61 Å². The molecule has 1 aliphatic heterocycles. The number of anilines is 2. The summed E-state index contributed by atoms with van der Waals surface area (Å²) in [6, 6.07) is 30.0. The fourth-order valence-electron chi connectivity index (χ4n) is 4.68. The number of nitrogens with one attached hydrogen (secondary N) is 1. The molecule has 0 radical (unpaired) electrons. The molecule has 0 spiro atoms. The average Bonchev–Trinajstić information content (AvgIpc) is 3.04. The fraction of sp³-hybridized carbons (Fsp3) is 0.212. The van der Waals surface area contributed by atoms with E-state index in [4.69, 9.17) is 14.2 Å². The van der Waals surface area contributed by atoms with Crippen LogP contribution >= 0.6 is 0 Å². The van der Waals surface area contributed by atoms with Crippen molar-refractivity contribution in [2.75, 3.05) is 50.6 Å². The van der Waals surface area contributed by atoms with Crippen LogP contribution in [0.1, 0.15) is 26.3 Å². The van der Waals surface area contributed by atoms with Crippen molar-refractivity contribution in [2.45, 2.75) is 6.61 Å². The summed E-state index contributed by atoms with van der Waals surface area (Å²) in [5, 5.41) is 2.95. The molecule has 0 aromatic heterocycles. The van der Waals surface area contributed by atoms with Gasteiger partial charge in [-0.3, -0.25) is 9.59 Å². The first kappa shape index (κ1) is 27.6. The summed E-state index contributed by atoms with van der Waals surface area (Å²) in [6.45, 7) is 3.08. The molecule has 8 nitrogen and oxygen atoms in total. The summed E-state index contributed by atoms with van der Waals surface area (Å²) in [6.07, 6.45) is 0. The molecule has 0 aliphatic carbocycles. The predicted molar refractivity (Wildman–Crippen MR) is 159 cm³/mol. The molecule has 210 valence electrons. The molecule has 1 heterocycles. The van der Waals surface area contributed by atoms with E-state index < -0.39 is 0 Å². The minimum Gasteiger partial charge on any atom is -0.497 e. The van der Waals surface area contributed by atoms with Crippen LogP contribution in [0.3, 0.4) is 0 Å². The lowest BCUT2D eigenvalue weighted by molar-refractivity contribution is 0.0746. The third kappa shape index (κ3) is 6.97. The molecule has 0 saturated carbocycles. The molecular formula is C33H33N3O5. The van der Waals surface area contributed by atoms with E-state index in [9.17, 15) is 9.59 Å². The van der Waals surface area contributed by atoms with Gasteiger partial charge >= 0.3 is 0 Å². The molecule has 0 atom stereocenters. The highest BCUT2D eigenvalue weighted by Gasteiger charge is 2.23. The zero-order valence-electron chi connectivity index (χ0n) is 23.2. The van der Waals surface area contributed by atoms with E-state index in [1.807, 2.05) is 59.5 Å². The Morgan fingerprint density at radius 1 is 0.707 bits per heavy atom. The minimum atomic E-state index is -0.186. The van der Waals surface area contributed by atoms with Crippen molar-refractivity contribution in [3.63, 3.8) is 0 Å². The summed E-state index contributed by atoms with van der Waals surface area (Å²) in [7, 11) is 3.14. The number of carbonyl (C=O) groups excluding carboxylic acids is 2. The molecule has 4 aromatic rings. The van der Waals surface area contributed by atoms with Gasteiger partial charge in [0.15, 0.2) is 0 Å². The third-order valence-electron chi connectivity index (χ3n) is 7.02. The average molecular weight is 552 g/mol. The van der Waals surface area contributed by atoms with Crippen LogP contribution in [0.2, 0.25) is 0 Å². The maximum atomic E-state index is 13.1. The Morgan fingerprint density at radius 2 is 1.34 bits per heavy atom. The van der Waals surface area contributed by atoms with Crippen molar-refractivity contribution >= 4 is 23.2 Å². The number of methoxy groups -OCH3 is 2. The first-order chi connectivity index (χ1) is 20.0. The van der Waals surface area contributed by atoms with E-state index >= 15 is 0 Å². The molecule has 5 rings (SSSR count). The Balaban J connectivity index is 1.12. The van der Waals surface area contributed by atoms with Gasteiger partial charge in [-0.05, 0) is 66.2 Å². The molecule has 2 amide bonds. The van der Waals surface area contributed by atoms with Gasteiger partial charge in [0.2, 0.25) is 0 Å². The normalized spacial score (nSPS) is 12.9. The molecule has 1 fully saturated rings. The van der Waals surface area contributed by atoms with Crippen LogP contribution < -0.4 is 24.4 Å². The number of piperazine rings is 1. The number of amides is 2. The highest BCUT2D eigenvalue weighted by Crippen LogP contribution is 2.25. The van der Waals surface area contributed by atoms with Gasteiger partial charge in [-0.1, -0.05) is 30.3 Å². The summed E-state index contributed by atoms with van der Waals surface area (Å²) < 4.78 is 16.4. The van der Waals surface area contributed by atoms with Gasteiger partial charge in [0.1, 0.15) is 23.9 Å². The predicted octanol–water partition coefficient (Wildman–Crippen LogP) is 5.50. The first-order valence-electron chi connectivity index (χ1n) is 13.5. The second-order valence-corrected chi connectivity index (χ2v) is 9.68. The van der Waals surface area contributed by atoms with Crippen molar-refractivity contribution in [2.24, 2.45) is 0 Å². The van der Waals surface area contributed by atoms with Gasteiger partial charge in [-0.25, -0.2) is 0 Å². The number of hydrogen-bond donors (Lipinski definition) is 1. The number of nitrogens with zero attached hydrogens (tertiary/aromatic N) is 2. The quantitative estimate of drug-likeness (QED) is 0.296. The van der Waals surface area contributed by atoms with Gasteiger partial charge in [0.25, 0.3) is 11.8 Å². The highest BCUT2D eigenvalue weighted by molar-refractivity contribution is 6.04. The van der Waals surface area contributed by atoms with E-state index in [1.165, 1.54) is 0 Å². The monoisotopic (exact) mass is 551 g/mol. The largest absolute Gasteiger partial charge is 0.497 e. The van der Waals surface area contributed by atoms with E-state index in [0.29, 0.717) is 66.8 Å². The van der Waals surface area contributed by atoms with Gasteiger partial charge < -0.3 is 29.3 Å². The zero-order valence-corrected chi connectivity index (χ0v) is 23.2. The zero-order chi connectivity index (χ0) is 28.6. The van der Waals surface area contributed by atoms with Gasteiger partial charge in [0, 0.05) is 54.7 Å². The Bertz CT molecular complexity index is 1440. The SMILES string of the molecule is COc1cc(OC)cc(C(=O)N2CCN(c3ccc(NC(=O)c4ccc(OCc5ccccc5)cc4)cc3)CC2)c1. The number of hydrogen-bond acceptors (Lipinski definition) is 6. The van der Waals surface area contributed by atoms with Gasteiger partial charge in [-0.15, -0.1) is 0 Å². The fourth-order valence-corrected chi connectivity index (χ4v) is 4.68. The molecule has 0 unspecified atom stereocenters. The van der Waals surface area contributed by atoms with Gasteiger partial charge in [0.05, 0.1) is 14.2 Å². The second-order valence-electron chi connectivity index (χ2n) is 9.68. The van der Waals surface area contributed by atoms with E-state index in [1.54, 1.807) is 56.7 Å². The summed E-state index contributed by atoms with van der Waals surface area (Å²) in [5.74, 6) is 1.65. The summed E-state index contributed by atoms with van der Waals surface area (Å²) >= 11 is 0. The van der Waals surface area contributed by atoms with Crippen molar-refractivity contribution in [3.05, 3.63) is 114 Å². The number of benzene rings is 4. The molecular weight excluding hydrogens is 518 g/mol. The number of rotatable bonds is 9. The molecule has 1 N–H and O–H groups in total. The number of ether oxygens (including phenoxy) is 3. The Labute approximate surface area is 240 Å². The van der Waals surface area contributed by atoms with Crippen LogP contribution in [0.5, 0.6) is 17.2 Å². The standard InChI is InChI=1S/C33H33N3O5/c1-39-30-20-26(21-31(22-30)40-2)33(38)36-18-16-35(17-19-36)28-12-10-27(11-13-28)34-32(37)25-8-14-29(15-9-25)41-23-24-6-4-3-5-7-24/h3-15,20-22H,16-19,23H2,1-2H3,(H,34,37). The molecule has 1 saturated heterocycles. The number of carbonyl (C=O) groups is 2. The van der Waals surface area contributed by atoms with Crippen molar-refractivity contribution in [1.29, 1.82) is 0 Å². The van der Waals surface area contributed by atoms with E-state index in [0.717, 1.165) is 11.3 Å². The Kier molecular flexibility index (Phi) is 8.69. The first-order valence-corrected chi connectivity index (χ1v) is 13.5. The van der Waals surface area contributed by atoms with Crippen LogP contribution in [0.25, 0.3) is 0 Å². The maximum absolute atomic E-state index is 13.1. The van der Waals surface area contributed by atoms with Crippen LogP contribution in [0.15, 0.2) is 97.1 Å². The summed E-state index contributed by atoms with van der Waals surface area (Å²) in [4.78, 5) is 30.0. The van der Waals surface area contributed by atoms with Crippen molar-refractivity contribution in [1.82, 2.24) is 4.90 Å². The molecule has 1 aliphatic rings. The van der Waals surface area contributed by atoms with Gasteiger partial charge in [-0.2, -0.15) is 0 Å². The third-order valence-corrected chi connectivity index (χ3v) is 7.02. The lowest BCUT2D eigenvalue weighted by Crippen LogP contribution is -2.48. The smallest absolute Gasteiger partial charge is 0.255 e. The van der Waals surface area contributed by atoms with Crippen LogP contribution in [0.4, 0.5) is 11.4 Å². The Morgan fingerprint density at radius 3 is 1.95 bits per heavy atom. The van der Waals surface area contributed by atoms with Crippen molar-refractivity contribution < 1.29 is 23.8 Å². The van der Waals surface area contributed by atoms with E-state index in [-0.39, 0.29) is 11.8 Å². The lowest BCUT2D eigenvalue weighted by Gasteiger charge is -2.36. The topological polar surface area (TPSA) is 80.3 Å². The molecule has 8 heteroatoms. The minimum absolute atomic E-state index is 0.0456. The Hall–Kier alpha value is -4.98. The molecule has 0 bridgehead atoms. The van der Waals surface area contributed by atoms with E-state index in [2.05, 4.69) is 10.2 Å². The van der Waals surface area contributed by atoms with Crippen LogP contribution in [-0.4, -0.2) is 57.1 Å². The van der Waals surface area contributed by atoms with Crippen LogP contribution in [0, 0.1) is 0 Å². The second kappa shape index (κ2) is 12.9. The lowest BCUT2D eigenvalue weighted by atomic mass is 10.1. The molecule has 4 aromatic carbocycles. The molecule has 41 heavy (non-hydrogen) atoms. The summed E-state index contributed by atoms with van der Waals surface area (Å²) in [5.41, 5.74) is 3.93.